The minimum Gasteiger partial charge on any atom is -0.313 e. The van der Waals surface area contributed by atoms with Crippen molar-refractivity contribution in [1.82, 2.24) is 24.6 Å². The quantitative estimate of drug-likeness (QED) is 0.423. The van der Waals surface area contributed by atoms with Gasteiger partial charge >= 0.3 is 5.69 Å². The number of amides is 1. The van der Waals surface area contributed by atoms with Gasteiger partial charge in [-0.1, -0.05) is 12.1 Å². The van der Waals surface area contributed by atoms with Crippen LogP contribution in [-0.4, -0.2) is 42.7 Å². The zero-order valence-electron chi connectivity index (χ0n) is 20.1. The van der Waals surface area contributed by atoms with Crippen LogP contribution in [0.4, 0.5) is 14.5 Å². The molecule has 4 aromatic rings. The third-order valence-corrected chi connectivity index (χ3v) is 8.63. The van der Waals surface area contributed by atoms with Crippen molar-refractivity contribution in [1.29, 1.82) is 0 Å². The van der Waals surface area contributed by atoms with E-state index in [1.807, 2.05) is 18.2 Å². The zero-order valence-corrected chi connectivity index (χ0v) is 20.1. The highest BCUT2D eigenvalue weighted by Gasteiger charge is 2.61. The third-order valence-electron chi connectivity index (χ3n) is 8.63. The van der Waals surface area contributed by atoms with Gasteiger partial charge in [-0.15, -0.1) is 0 Å². The summed E-state index contributed by atoms with van der Waals surface area (Å²) in [6.45, 7) is 0.105. The molecule has 3 saturated carbocycles. The van der Waals surface area contributed by atoms with Gasteiger partial charge in [0, 0.05) is 17.4 Å². The molecule has 4 aliphatic rings. The zero-order chi connectivity index (χ0) is 26.0. The maximum absolute atomic E-state index is 14.7. The highest BCUT2D eigenvalue weighted by Crippen LogP contribution is 2.61. The number of hydrogen-bond donors (Lipinski definition) is 2. The van der Waals surface area contributed by atoms with Crippen molar-refractivity contribution in [3.63, 3.8) is 0 Å². The van der Waals surface area contributed by atoms with Crippen molar-refractivity contribution in [3.05, 3.63) is 80.1 Å². The van der Waals surface area contributed by atoms with Gasteiger partial charge in [0.2, 0.25) is 11.9 Å². The number of imidazole rings is 1. The van der Waals surface area contributed by atoms with Crippen LogP contribution in [0.25, 0.3) is 16.9 Å². The summed E-state index contributed by atoms with van der Waals surface area (Å²) < 4.78 is 30.4. The predicted molar refractivity (Wildman–Crippen MR) is 133 cm³/mol. The highest BCUT2D eigenvalue weighted by molar-refractivity contribution is 6.10. The standard InChI is InChI=1S/C27H22F2N6O3/c28-21-11-30-22-16(9-19(33-35(21)22)17-10-31-25(38)32-23(17)36)15-8-14(15)13-1-2-18-20(7-13)34(12-26(29)3-4-26)24(37)27(18)5-6-27/h1-2,7,9-11,14-15H,3-6,8,12H2,(H2,31,32,36,38)/t14?,15-/m0/s1. The molecule has 3 aromatic heterocycles. The number of hydrogen-bond acceptors (Lipinski definition) is 5. The number of fused-ring (bicyclic) bond motifs is 3. The van der Waals surface area contributed by atoms with Crippen LogP contribution in [0.3, 0.4) is 0 Å². The summed E-state index contributed by atoms with van der Waals surface area (Å²) in [6, 6.07) is 7.80. The molecule has 1 aromatic carbocycles. The molecule has 1 spiro atoms. The summed E-state index contributed by atoms with van der Waals surface area (Å²) in [7, 11) is 0. The largest absolute Gasteiger partial charge is 0.325 e. The molecule has 0 saturated heterocycles. The van der Waals surface area contributed by atoms with Crippen molar-refractivity contribution in [3.8, 4) is 11.3 Å². The molecule has 0 bridgehead atoms. The average molecular weight is 517 g/mol. The monoisotopic (exact) mass is 516 g/mol. The van der Waals surface area contributed by atoms with Crippen molar-refractivity contribution in [2.75, 3.05) is 11.4 Å². The minimum atomic E-state index is -1.28. The Morgan fingerprint density at radius 2 is 1.89 bits per heavy atom. The number of nitrogens with one attached hydrogen (secondary N) is 2. The first-order chi connectivity index (χ1) is 18.3. The Balaban J connectivity index is 1.18. The number of benzene rings is 1. The van der Waals surface area contributed by atoms with E-state index in [0.29, 0.717) is 18.5 Å². The molecule has 38 heavy (non-hydrogen) atoms. The molecule has 3 fully saturated rings. The topological polar surface area (TPSA) is 116 Å². The smallest absolute Gasteiger partial charge is 0.313 e. The normalized spacial score (nSPS) is 23.7. The Labute approximate surface area is 213 Å². The lowest BCUT2D eigenvalue weighted by atomic mass is 9.95. The molecular formula is C27H22F2N6O3. The van der Waals surface area contributed by atoms with Gasteiger partial charge in [0.05, 0.1) is 29.4 Å². The van der Waals surface area contributed by atoms with E-state index in [1.165, 1.54) is 6.20 Å². The van der Waals surface area contributed by atoms with Crippen molar-refractivity contribution in [2.45, 2.75) is 55.0 Å². The second-order valence-corrected chi connectivity index (χ2v) is 11.1. The van der Waals surface area contributed by atoms with Crippen molar-refractivity contribution < 1.29 is 13.6 Å². The Morgan fingerprint density at radius 3 is 2.63 bits per heavy atom. The molecule has 4 heterocycles. The molecule has 9 nitrogen and oxygen atoms in total. The fourth-order valence-corrected chi connectivity index (χ4v) is 6.11. The molecule has 1 unspecified atom stereocenters. The second-order valence-electron chi connectivity index (χ2n) is 11.1. The number of nitrogens with zero attached hydrogens (tertiary/aromatic N) is 4. The molecule has 192 valence electrons. The summed E-state index contributed by atoms with van der Waals surface area (Å²) in [5, 5.41) is 4.25. The van der Waals surface area contributed by atoms with E-state index in [4.69, 9.17) is 0 Å². The number of carbonyl (C=O) groups excluding carboxylic acids is 1. The molecule has 0 radical (unpaired) electrons. The molecule has 2 atom stereocenters. The Hall–Kier alpha value is -4.15. The molecule has 8 rings (SSSR count). The molecule has 3 aliphatic carbocycles. The summed E-state index contributed by atoms with van der Waals surface area (Å²) in [4.78, 5) is 47.6. The predicted octanol–water partition coefficient (Wildman–Crippen LogP) is 3.06. The van der Waals surface area contributed by atoms with Gasteiger partial charge in [0.25, 0.3) is 5.56 Å². The average Bonchev–Trinajstić information content (AvgIpc) is 3.81. The lowest BCUT2D eigenvalue weighted by Crippen LogP contribution is -2.37. The maximum Gasteiger partial charge on any atom is 0.325 e. The summed E-state index contributed by atoms with van der Waals surface area (Å²) in [5.41, 5.74) is 1.22. The van der Waals surface area contributed by atoms with Crippen LogP contribution in [0.2, 0.25) is 0 Å². The number of aromatic amines is 2. The summed E-state index contributed by atoms with van der Waals surface area (Å²) in [6.07, 6.45) is 5.69. The number of anilines is 1. The second kappa shape index (κ2) is 7.03. The molecule has 1 amide bonds. The SMILES string of the molecule is O=C1N(CC2(F)CC2)c2cc(C3C[C@@H]3c3cc(-c4c[nH]c(=O)[nH]c4=O)nn4c(F)cnc34)ccc2C12CC2. The number of aromatic nitrogens is 5. The lowest BCUT2D eigenvalue weighted by Gasteiger charge is -2.20. The van der Waals surface area contributed by atoms with Crippen LogP contribution in [-0.2, 0) is 10.2 Å². The Kier molecular flexibility index (Phi) is 4.05. The van der Waals surface area contributed by atoms with Gasteiger partial charge in [-0.25, -0.2) is 14.2 Å². The summed E-state index contributed by atoms with van der Waals surface area (Å²) in [5.74, 6) is -0.582. The molecule has 11 heteroatoms. The fourth-order valence-electron chi connectivity index (χ4n) is 6.11. The van der Waals surface area contributed by atoms with Crippen LogP contribution in [0.5, 0.6) is 0 Å². The van der Waals surface area contributed by atoms with E-state index in [-0.39, 0.29) is 35.5 Å². The Morgan fingerprint density at radius 1 is 1.08 bits per heavy atom. The maximum atomic E-state index is 14.7. The van der Waals surface area contributed by atoms with Gasteiger partial charge < -0.3 is 9.88 Å². The number of carbonyl (C=O) groups is 1. The van der Waals surface area contributed by atoms with E-state index in [2.05, 4.69) is 20.1 Å². The van der Waals surface area contributed by atoms with Crippen LogP contribution in [0.1, 0.15) is 60.6 Å². The summed E-state index contributed by atoms with van der Waals surface area (Å²) >= 11 is 0. The van der Waals surface area contributed by atoms with Gasteiger partial charge in [0.15, 0.2) is 5.65 Å². The highest BCUT2D eigenvalue weighted by atomic mass is 19.1. The third kappa shape index (κ3) is 3.04. The minimum absolute atomic E-state index is 0.0143. The fraction of sp³-hybridized carbons (Fsp3) is 0.370. The first kappa shape index (κ1) is 21.9. The van der Waals surface area contributed by atoms with E-state index in [9.17, 15) is 23.2 Å². The number of rotatable bonds is 5. The van der Waals surface area contributed by atoms with Crippen LogP contribution < -0.4 is 16.1 Å². The molecule has 1 aliphatic heterocycles. The van der Waals surface area contributed by atoms with E-state index in [1.54, 1.807) is 11.0 Å². The van der Waals surface area contributed by atoms with E-state index < -0.39 is 28.3 Å². The van der Waals surface area contributed by atoms with Gasteiger partial charge in [-0.2, -0.15) is 14.0 Å². The number of alkyl halides is 1. The van der Waals surface area contributed by atoms with Gasteiger partial charge in [-0.3, -0.25) is 14.6 Å². The van der Waals surface area contributed by atoms with Crippen LogP contribution >= 0.6 is 0 Å². The molecular weight excluding hydrogens is 494 g/mol. The van der Waals surface area contributed by atoms with Crippen molar-refractivity contribution in [2.24, 2.45) is 0 Å². The van der Waals surface area contributed by atoms with E-state index >= 15 is 0 Å². The van der Waals surface area contributed by atoms with Crippen molar-refractivity contribution >= 4 is 17.2 Å². The first-order valence-corrected chi connectivity index (χ1v) is 12.8. The van der Waals surface area contributed by atoms with E-state index in [0.717, 1.165) is 52.4 Å². The van der Waals surface area contributed by atoms with Gasteiger partial charge in [-0.05, 0) is 67.2 Å². The van der Waals surface area contributed by atoms with Crippen LogP contribution in [0, 0.1) is 5.95 Å². The first-order valence-electron chi connectivity index (χ1n) is 12.8. The van der Waals surface area contributed by atoms with Crippen LogP contribution in [0.15, 0.2) is 46.2 Å². The van der Waals surface area contributed by atoms with Gasteiger partial charge in [0.1, 0.15) is 5.67 Å². The number of halogens is 2. The lowest BCUT2D eigenvalue weighted by molar-refractivity contribution is -0.120. The molecule has 2 N–H and O–H groups in total. The Bertz CT molecular complexity index is 1820. The number of H-pyrrole nitrogens is 2.